The van der Waals surface area contributed by atoms with E-state index in [4.69, 9.17) is 0 Å². The number of piperidine rings is 1. The van der Waals surface area contributed by atoms with Crippen molar-refractivity contribution in [2.45, 2.75) is 58.4 Å². The van der Waals surface area contributed by atoms with Gasteiger partial charge >= 0.3 is 0 Å². The van der Waals surface area contributed by atoms with Crippen molar-refractivity contribution < 1.29 is 9.59 Å². The molecule has 4 nitrogen and oxygen atoms in total. The van der Waals surface area contributed by atoms with Crippen molar-refractivity contribution >= 4 is 23.6 Å². The number of hydrogen-bond donors (Lipinski definition) is 0. The van der Waals surface area contributed by atoms with Crippen LogP contribution in [0.15, 0.2) is 11.6 Å². The molecule has 0 saturated carbocycles. The van der Waals surface area contributed by atoms with Crippen molar-refractivity contribution in [1.29, 1.82) is 0 Å². The van der Waals surface area contributed by atoms with Crippen LogP contribution >= 0.6 is 11.8 Å². The van der Waals surface area contributed by atoms with Gasteiger partial charge in [0.1, 0.15) is 6.04 Å². The molecule has 2 aliphatic heterocycles. The van der Waals surface area contributed by atoms with Gasteiger partial charge in [-0.1, -0.05) is 19.4 Å². The second-order valence-corrected chi connectivity index (χ2v) is 7.90. The lowest BCUT2D eigenvalue weighted by atomic mass is 9.98. The number of rotatable bonds is 3. The summed E-state index contributed by atoms with van der Waals surface area (Å²) in [6.07, 6.45) is 4.69. The first kappa shape index (κ1) is 17.4. The summed E-state index contributed by atoms with van der Waals surface area (Å²) < 4.78 is 0. The fourth-order valence-corrected chi connectivity index (χ4v) is 4.48. The Morgan fingerprint density at radius 2 is 1.86 bits per heavy atom. The van der Waals surface area contributed by atoms with Crippen LogP contribution in [0.5, 0.6) is 0 Å². The minimum atomic E-state index is -0.286. The van der Waals surface area contributed by atoms with E-state index in [0.717, 1.165) is 43.7 Å². The molecule has 2 fully saturated rings. The number of hydrogen-bond acceptors (Lipinski definition) is 3. The Labute approximate surface area is 138 Å². The molecule has 2 heterocycles. The summed E-state index contributed by atoms with van der Waals surface area (Å²) in [6.45, 7) is 9.84. The standard InChI is InChI=1S/C17H28N2O2S/c1-5-16-19(15(20)10-12(2)3)14(11-22-16)17(21)18-8-6-13(4)7-9-18/h10,13-14,16H,5-9,11H2,1-4H3. The van der Waals surface area contributed by atoms with E-state index in [2.05, 4.69) is 13.8 Å². The molecule has 2 rings (SSSR count). The summed E-state index contributed by atoms with van der Waals surface area (Å²) in [7, 11) is 0. The fraction of sp³-hybridized carbons (Fsp3) is 0.765. The fourth-order valence-electron chi connectivity index (χ4n) is 3.13. The number of carbonyl (C=O) groups excluding carboxylic acids is 2. The molecule has 0 aromatic rings. The Bertz CT molecular complexity index is 452. The highest BCUT2D eigenvalue weighted by molar-refractivity contribution is 8.00. The molecule has 2 saturated heterocycles. The smallest absolute Gasteiger partial charge is 0.248 e. The molecular formula is C17H28N2O2S. The van der Waals surface area contributed by atoms with Crippen LogP contribution in [-0.2, 0) is 9.59 Å². The van der Waals surface area contributed by atoms with E-state index in [1.807, 2.05) is 23.6 Å². The van der Waals surface area contributed by atoms with Gasteiger partial charge in [-0.25, -0.2) is 0 Å². The Morgan fingerprint density at radius 1 is 1.23 bits per heavy atom. The van der Waals surface area contributed by atoms with Crippen LogP contribution < -0.4 is 0 Å². The highest BCUT2D eigenvalue weighted by atomic mass is 32.2. The maximum atomic E-state index is 12.9. The minimum Gasteiger partial charge on any atom is -0.341 e. The Morgan fingerprint density at radius 3 is 2.41 bits per heavy atom. The molecule has 2 aliphatic rings. The molecule has 0 aromatic carbocycles. The van der Waals surface area contributed by atoms with Gasteiger partial charge in [0, 0.05) is 24.9 Å². The first-order valence-corrected chi connectivity index (χ1v) is 9.36. The predicted molar refractivity (Wildman–Crippen MR) is 91.6 cm³/mol. The average Bonchev–Trinajstić information content (AvgIpc) is 2.90. The summed E-state index contributed by atoms with van der Waals surface area (Å²) in [4.78, 5) is 29.2. The molecule has 22 heavy (non-hydrogen) atoms. The van der Waals surface area contributed by atoms with E-state index in [1.54, 1.807) is 17.8 Å². The third-order valence-corrected chi connectivity index (χ3v) is 5.94. The number of nitrogens with zero attached hydrogens (tertiary/aromatic N) is 2. The highest BCUT2D eigenvalue weighted by Crippen LogP contribution is 2.33. The molecule has 2 amide bonds. The van der Waals surface area contributed by atoms with Crippen molar-refractivity contribution in [1.82, 2.24) is 9.80 Å². The topological polar surface area (TPSA) is 40.6 Å². The van der Waals surface area contributed by atoms with Gasteiger partial charge in [-0.15, -0.1) is 11.8 Å². The van der Waals surface area contributed by atoms with Gasteiger partial charge in [-0.2, -0.15) is 0 Å². The van der Waals surface area contributed by atoms with Crippen LogP contribution in [0.4, 0.5) is 0 Å². The van der Waals surface area contributed by atoms with Gasteiger partial charge in [-0.3, -0.25) is 9.59 Å². The molecular weight excluding hydrogens is 296 g/mol. The van der Waals surface area contributed by atoms with Crippen molar-refractivity contribution in [3.63, 3.8) is 0 Å². The van der Waals surface area contributed by atoms with Gasteiger partial charge in [0.2, 0.25) is 11.8 Å². The monoisotopic (exact) mass is 324 g/mol. The zero-order chi connectivity index (χ0) is 16.3. The number of thioether (sulfide) groups is 1. The van der Waals surface area contributed by atoms with E-state index < -0.39 is 0 Å². The first-order valence-electron chi connectivity index (χ1n) is 8.31. The van der Waals surface area contributed by atoms with Gasteiger partial charge < -0.3 is 9.80 Å². The third-order valence-electron chi connectivity index (χ3n) is 4.49. The third kappa shape index (κ3) is 3.86. The second-order valence-electron chi connectivity index (χ2n) is 6.69. The molecule has 2 atom stereocenters. The van der Waals surface area contributed by atoms with Gasteiger partial charge in [-0.05, 0) is 39.0 Å². The molecule has 5 heteroatoms. The van der Waals surface area contributed by atoms with Crippen LogP contribution in [0.1, 0.15) is 47.0 Å². The molecule has 0 N–H and O–H groups in total. The van der Waals surface area contributed by atoms with E-state index in [1.165, 1.54) is 0 Å². The average molecular weight is 324 g/mol. The quantitative estimate of drug-likeness (QED) is 0.750. The van der Waals surface area contributed by atoms with E-state index >= 15 is 0 Å². The minimum absolute atomic E-state index is 0.0134. The van der Waals surface area contributed by atoms with Gasteiger partial charge in [0.25, 0.3) is 0 Å². The lowest BCUT2D eigenvalue weighted by molar-refractivity contribution is -0.143. The van der Waals surface area contributed by atoms with Crippen LogP contribution in [-0.4, -0.2) is 51.9 Å². The number of likely N-dealkylation sites (tertiary alicyclic amines) is 1. The summed E-state index contributed by atoms with van der Waals surface area (Å²) in [5.74, 6) is 1.56. The van der Waals surface area contributed by atoms with Crippen LogP contribution in [0.2, 0.25) is 0 Å². The first-order chi connectivity index (χ1) is 10.4. The maximum Gasteiger partial charge on any atom is 0.248 e. The number of amides is 2. The number of carbonyl (C=O) groups is 2. The Balaban J connectivity index is 2.12. The molecule has 2 unspecified atom stereocenters. The lowest BCUT2D eigenvalue weighted by Gasteiger charge is -2.35. The maximum absolute atomic E-state index is 12.9. The van der Waals surface area contributed by atoms with E-state index in [-0.39, 0.29) is 23.2 Å². The number of allylic oxidation sites excluding steroid dienone is 1. The Kier molecular flexibility index (Phi) is 5.95. The summed E-state index contributed by atoms with van der Waals surface area (Å²) in [5, 5.41) is 0.126. The van der Waals surface area contributed by atoms with Gasteiger partial charge in [0.15, 0.2) is 0 Å². The summed E-state index contributed by atoms with van der Waals surface area (Å²) in [6, 6.07) is -0.286. The molecule has 0 spiro atoms. The SMILES string of the molecule is CCC1SCC(C(=O)N2CCC(C)CC2)N1C(=O)C=C(C)C. The van der Waals surface area contributed by atoms with Crippen LogP contribution in [0, 0.1) is 5.92 Å². The predicted octanol–water partition coefficient (Wildman–Crippen LogP) is 2.89. The van der Waals surface area contributed by atoms with Crippen molar-refractivity contribution in [2.24, 2.45) is 5.92 Å². The van der Waals surface area contributed by atoms with Crippen LogP contribution in [0.25, 0.3) is 0 Å². The largest absolute Gasteiger partial charge is 0.341 e. The normalized spacial score (nSPS) is 26.2. The van der Waals surface area contributed by atoms with Crippen molar-refractivity contribution in [3.05, 3.63) is 11.6 Å². The lowest BCUT2D eigenvalue weighted by Crippen LogP contribution is -2.52. The van der Waals surface area contributed by atoms with Crippen molar-refractivity contribution in [3.8, 4) is 0 Å². The molecule has 0 bridgehead atoms. The van der Waals surface area contributed by atoms with E-state index in [0.29, 0.717) is 5.92 Å². The Hall–Kier alpha value is -0.970. The molecule has 124 valence electrons. The zero-order valence-electron chi connectivity index (χ0n) is 14.2. The second kappa shape index (κ2) is 7.53. The molecule has 0 radical (unpaired) electrons. The molecule has 0 aliphatic carbocycles. The highest BCUT2D eigenvalue weighted by Gasteiger charge is 2.42. The van der Waals surface area contributed by atoms with Crippen molar-refractivity contribution in [2.75, 3.05) is 18.8 Å². The van der Waals surface area contributed by atoms with Gasteiger partial charge in [0.05, 0.1) is 5.37 Å². The summed E-state index contributed by atoms with van der Waals surface area (Å²) in [5.41, 5.74) is 0.981. The summed E-state index contributed by atoms with van der Waals surface area (Å²) >= 11 is 1.74. The van der Waals surface area contributed by atoms with E-state index in [9.17, 15) is 9.59 Å². The molecule has 0 aromatic heterocycles. The zero-order valence-corrected chi connectivity index (χ0v) is 15.0. The van der Waals surface area contributed by atoms with Crippen LogP contribution in [0.3, 0.4) is 0 Å².